The number of amides is 1. The zero-order valence-electron chi connectivity index (χ0n) is 14.0. The lowest BCUT2D eigenvalue weighted by molar-refractivity contribution is -0.115. The molecule has 0 unspecified atom stereocenters. The first-order valence-electron chi connectivity index (χ1n) is 7.62. The van der Waals surface area contributed by atoms with Crippen LogP contribution in [-0.4, -0.2) is 33.9 Å². The monoisotopic (exact) mass is 363 g/mol. The van der Waals surface area contributed by atoms with Crippen LogP contribution in [0.25, 0.3) is 0 Å². The Balaban J connectivity index is 1.98. The smallest absolute Gasteiger partial charge is 0.251 e. The van der Waals surface area contributed by atoms with Gasteiger partial charge in [-0.05, 0) is 17.4 Å². The van der Waals surface area contributed by atoms with E-state index >= 15 is 0 Å². The number of thioether (sulfide) groups is 2. The highest BCUT2D eigenvalue weighted by atomic mass is 32.2. The number of aromatic amines is 1. The number of nitrogens with one attached hydrogen (secondary N) is 1. The van der Waals surface area contributed by atoms with Gasteiger partial charge in [0.1, 0.15) is 0 Å². The second-order valence-electron chi connectivity index (χ2n) is 5.48. The average Bonchev–Trinajstić information content (AvgIpc) is 2.57. The molecule has 0 fully saturated rings. The number of benzene rings is 1. The summed E-state index contributed by atoms with van der Waals surface area (Å²) >= 11 is 2.98. The van der Waals surface area contributed by atoms with Crippen molar-refractivity contribution in [3.05, 3.63) is 52.4 Å². The molecule has 128 valence electrons. The van der Waals surface area contributed by atoms with E-state index < -0.39 is 0 Å². The highest BCUT2D eigenvalue weighted by Gasteiger charge is 2.12. The van der Waals surface area contributed by atoms with Gasteiger partial charge in [0, 0.05) is 24.6 Å². The molecule has 0 saturated heterocycles. The number of H-pyrrole nitrogens is 1. The number of aromatic nitrogens is 2. The van der Waals surface area contributed by atoms with Gasteiger partial charge >= 0.3 is 0 Å². The van der Waals surface area contributed by atoms with Crippen molar-refractivity contribution in [1.82, 2.24) is 9.97 Å². The molecule has 0 spiro atoms. The van der Waals surface area contributed by atoms with Gasteiger partial charge in [0.25, 0.3) is 5.56 Å². The van der Waals surface area contributed by atoms with E-state index in [0.717, 1.165) is 11.4 Å². The van der Waals surface area contributed by atoms with E-state index in [1.807, 2.05) is 30.3 Å². The maximum Gasteiger partial charge on any atom is 0.251 e. The molecule has 0 aliphatic carbocycles. The molecule has 1 aromatic heterocycles. The van der Waals surface area contributed by atoms with Crippen LogP contribution in [-0.2, 0) is 10.5 Å². The predicted octanol–water partition coefficient (Wildman–Crippen LogP) is 3.17. The van der Waals surface area contributed by atoms with Crippen LogP contribution in [0.4, 0.5) is 5.69 Å². The summed E-state index contributed by atoms with van der Waals surface area (Å²) in [7, 11) is 1.74. The van der Waals surface area contributed by atoms with Gasteiger partial charge in [-0.15, -0.1) is 0 Å². The molecule has 0 bridgehead atoms. The van der Waals surface area contributed by atoms with Crippen LogP contribution in [0.3, 0.4) is 0 Å². The van der Waals surface area contributed by atoms with Gasteiger partial charge in [-0.1, -0.05) is 43.8 Å². The average molecular weight is 364 g/mol. The van der Waals surface area contributed by atoms with E-state index in [2.05, 4.69) is 23.8 Å². The van der Waals surface area contributed by atoms with Crippen molar-refractivity contribution in [2.45, 2.75) is 30.0 Å². The van der Waals surface area contributed by atoms with Crippen molar-refractivity contribution >= 4 is 35.1 Å². The van der Waals surface area contributed by atoms with Gasteiger partial charge in [0.15, 0.2) is 5.16 Å². The third-order valence-corrected chi connectivity index (χ3v) is 5.17. The maximum absolute atomic E-state index is 12.3. The van der Waals surface area contributed by atoms with Crippen molar-refractivity contribution in [1.29, 1.82) is 0 Å². The molecule has 5 nitrogen and oxygen atoms in total. The topological polar surface area (TPSA) is 66.1 Å². The first-order valence-corrected chi connectivity index (χ1v) is 9.65. The van der Waals surface area contributed by atoms with E-state index in [-0.39, 0.29) is 17.2 Å². The summed E-state index contributed by atoms with van der Waals surface area (Å²) in [6.45, 7) is 4.21. The molecule has 2 aromatic rings. The molecule has 2 rings (SSSR count). The van der Waals surface area contributed by atoms with E-state index in [4.69, 9.17) is 0 Å². The highest BCUT2D eigenvalue weighted by molar-refractivity contribution is 7.99. The summed E-state index contributed by atoms with van der Waals surface area (Å²) in [5.41, 5.74) is 1.39. The first kappa shape index (κ1) is 18.6. The van der Waals surface area contributed by atoms with Crippen LogP contribution in [0.15, 0.2) is 46.3 Å². The number of para-hydroxylation sites is 1. The van der Waals surface area contributed by atoms with Gasteiger partial charge in [0.05, 0.1) is 11.4 Å². The van der Waals surface area contributed by atoms with Crippen molar-refractivity contribution in [2.75, 3.05) is 17.7 Å². The van der Waals surface area contributed by atoms with Gasteiger partial charge in [-0.3, -0.25) is 9.59 Å². The van der Waals surface area contributed by atoms with Gasteiger partial charge in [0.2, 0.25) is 5.91 Å². The van der Waals surface area contributed by atoms with Crippen LogP contribution in [0, 0.1) is 0 Å². The third-order valence-electron chi connectivity index (χ3n) is 3.19. The second kappa shape index (κ2) is 8.94. The van der Waals surface area contributed by atoms with Crippen LogP contribution in [0.2, 0.25) is 0 Å². The molecule has 0 aliphatic rings. The standard InChI is InChI=1S/C17H21N3O2S2/c1-12(2)23-10-13-9-15(21)19-17(18-13)24-11-16(22)20(3)14-7-5-4-6-8-14/h4-9,12H,10-11H2,1-3H3,(H,18,19,21). The predicted molar refractivity (Wildman–Crippen MR) is 102 cm³/mol. The summed E-state index contributed by atoms with van der Waals surface area (Å²) in [5.74, 6) is 0.859. The quantitative estimate of drug-likeness (QED) is 0.605. The molecule has 1 N–H and O–H groups in total. The first-order chi connectivity index (χ1) is 11.5. The Hall–Kier alpha value is -1.73. The fourth-order valence-corrected chi connectivity index (χ4v) is 3.36. The van der Waals surface area contributed by atoms with Crippen molar-refractivity contribution in [3.8, 4) is 0 Å². The van der Waals surface area contributed by atoms with E-state index in [1.165, 1.54) is 17.8 Å². The fourth-order valence-electron chi connectivity index (χ4n) is 1.90. The van der Waals surface area contributed by atoms with Crippen molar-refractivity contribution in [2.24, 2.45) is 0 Å². The Kier molecular flexibility index (Phi) is 6.93. The minimum Gasteiger partial charge on any atom is -0.315 e. The summed E-state index contributed by atoms with van der Waals surface area (Å²) in [6, 6.07) is 11.0. The fraction of sp³-hybridized carbons (Fsp3) is 0.353. The zero-order valence-corrected chi connectivity index (χ0v) is 15.6. The number of anilines is 1. The summed E-state index contributed by atoms with van der Waals surface area (Å²) in [5, 5.41) is 0.958. The lowest BCUT2D eigenvalue weighted by atomic mass is 10.3. The largest absolute Gasteiger partial charge is 0.315 e. The summed E-state index contributed by atoms with van der Waals surface area (Å²) in [4.78, 5) is 32.7. The molecule has 0 atom stereocenters. The molecule has 0 saturated carbocycles. The molecule has 0 radical (unpaired) electrons. The zero-order chi connectivity index (χ0) is 17.5. The Bertz CT molecular complexity index is 732. The van der Waals surface area contributed by atoms with Crippen LogP contribution in [0.5, 0.6) is 0 Å². The third kappa shape index (κ3) is 5.72. The Morgan fingerprint density at radius 3 is 2.67 bits per heavy atom. The van der Waals surface area contributed by atoms with Crippen molar-refractivity contribution in [3.63, 3.8) is 0 Å². The van der Waals surface area contributed by atoms with Crippen LogP contribution in [0.1, 0.15) is 19.5 Å². The summed E-state index contributed by atoms with van der Waals surface area (Å²) in [6.07, 6.45) is 0. The van der Waals surface area contributed by atoms with Crippen LogP contribution >= 0.6 is 23.5 Å². The molecule has 1 aromatic carbocycles. The van der Waals surface area contributed by atoms with Gasteiger partial charge in [-0.25, -0.2) is 4.98 Å². The Morgan fingerprint density at radius 2 is 2.00 bits per heavy atom. The van der Waals surface area contributed by atoms with Gasteiger partial charge in [-0.2, -0.15) is 11.8 Å². The Morgan fingerprint density at radius 1 is 1.29 bits per heavy atom. The SMILES string of the molecule is CC(C)SCc1cc(=O)[nH]c(SCC(=O)N(C)c2ccccc2)n1. The van der Waals surface area contributed by atoms with Crippen molar-refractivity contribution < 1.29 is 4.79 Å². The molecule has 1 amide bonds. The van der Waals surface area contributed by atoms with E-state index in [0.29, 0.717) is 16.2 Å². The number of nitrogens with zero attached hydrogens (tertiary/aromatic N) is 2. The number of hydrogen-bond donors (Lipinski definition) is 1. The number of hydrogen-bond acceptors (Lipinski definition) is 5. The Labute approximate surface area is 150 Å². The maximum atomic E-state index is 12.3. The van der Waals surface area contributed by atoms with Crippen LogP contribution < -0.4 is 10.5 Å². The van der Waals surface area contributed by atoms with E-state index in [9.17, 15) is 9.59 Å². The molecule has 7 heteroatoms. The number of carbonyl (C=O) groups excluding carboxylic acids is 1. The lowest BCUT2D eigenvalue weighted by Gasteiger charge is -2.16. The molecule has 24 heavy (non-hydrogen) atoms. The number of carbonyl (C=O) groups is 1. The number of rotatable bonds is 7. The molecular formula is C17H21N3O2S2. The highest BCUT2D eigenvalue weighted by Crippen LogP contribution is 2.18. The molecule has 0 aliphatic heterocycles. The van der Waals surface area contributed by atoms with Gasteiger partial charge < -0.3 is 9.88 Å². The second-order valence-corrected chi connectivity index (χ2v) is 8.01. The lowest BCUT2D eigenvalue weighted by Crippen LogP contribution is -2.28. The minimum absolute atomic E-state index is 0.0455. The normalized spacial score (nSPS) is 10.8. The summed E-state index contributed by atoms with van der Waals surface area (Å²) < 4.78 is 0. The van der Waals surface area contributed by atoms with E-state index in [1.54, 1.807) is 23.7 Å². The molecule has 1 heterocycles. The molecular weight excluding hydrogens is 342 g/mol. The minimum atomic E-state index is -0.185.